The van der Waals surface area contributed by atoms with Gasteiger partial charge >= 0.3 is 5.97 Å². The van der Waals surface area contributed by atoms with Crippen LogP contribution in [0.3, 0.4) is 0 Å². The molecule has 0 saturated heterocycles. The summed E-state index contributed by atoms with van der Waals surface area (Å²) in [6, 6.07) is 19.1. The van der Waals surface area contributed by atoms with Crippen molar-refractivity contribution in [2.45, 2.75) is 13.8 Å². The Hall–Kier alpha value is -4.92. The van der Waals surface area contributed by atoms with Crippen molar-refractivity contribution in [2.75, 3.05) is 0 Å². The van der Waals surface area contributed by atoms with Crippen LogP contribution >= 0.6 is 0 Å². The van der Waals surface area contributed by atoms with E-state index in [-0.39, 0.29) is 17.2 Å². The molecule has 0 unspecified atom stereocenters. The summed E-state index contributed by atoms with van der Waals surface area (Å²) in [6.07, 6.45) is 1.47. The molecule has 0 aliphatic heterocycles. The van der Waals surface area contributed by atoms with Gasteiger partial charge in [-0.25, -0.2) is 10.2 Å². The second-order valence-electron chi connectivity index (χ2n) is 7.79. The fourth-order valence-electron chi connectivity index (χ4n) is 3.39. The molecule has 4 rings (SSSR count). The molecule has 0 aliphatic rings. The van der Waals surface area contributed by atoms with Gasteiger partial charge in [-0.1, -0.05) is 11.6 Å². The summed E-state index contributed by atoms with van der Waals surface area (Å²) in [5.41, 5.74) is 6.27. The number of esters is 1. The third kappa shape index (κ3) is 5.53. The van der Waals surface area contributed by atoms with Gasteiger partial charge in [-0.15, -0.1) is 0 Å². The molecule has 174 valence electrons. The third-order valence-corrected chi connectivity index (χ3v) is 5.12. The molecule has 0 bridgehead atoms. The van der Waals surface area contributed by atoms with Gasteiger partial charge in [0.1, 0.15) is 5.75 Å². The molecule has 9 nitrogen and oxygen atoms in total. The van der Waals surface area contributed by atoms with Crippen molar-refractivity contribution >= 4 is 34.7 Å². The molecule has 35 heavy (non-hydrogen) atoms. The van der Waals surface area contributed by atoms with Crippen molar-refractivity contribution in [3.63, 3.8) is 0 Å². The first-order valence-electron chi connectivity index (χ1n) is 10.6. The minimum absolute atomic E-state index is 0.111. The van der Waals surface area contributed by atoms with Crippen LogP contribution in [0.5, 0.6) is 5.75 Å². The van der Waals surface area contributed by atoms with Gasteiger partial charge in [-0.3, -0.25) is 19.9 Å². The molecule has 0 fully saturated rings. The van der Waals surface area contributed by atoms with Crippen LogP contribution < -0.4 is 10.2 Å². The number of rotatable bonds is 6. The Balaban J connectivity index is 1.39. The Kier molecular flexibility index (Phi) is 6.59. The highest BCUT2D eigenvalue weighted by Gasteiger charge is 2.13. The minimum atomic E-state index is -0.635. The van der Waals surface area contributed by atoms with Crippen molar-refractivity contribution in [3.8, 4) is 5.75 Å². The van der Waals surface area contributed by atoms with Gasteiger partial charge in [0.15, 0.2) is 0 Å². The van der Waals surface area contributed by atoms with E-state index in [1.54, 1.807) is 30.3 Å². The third-order valence-electron chi connectivity index (χ3n) is 5.12. The van der Waals surface area contributed by atoms with Crippen LogP contribution in [-0.2, 0) is 0 Å². The Bertz CT molecular complexity index is 1460. The van der Waals surface area contributed by atoms with Gasteiger partial charge in [-0.2, -0.15) is 5.10 Å². The quantitative estimate of drug-likeness (QED) is 0.143. The van der Waals surface area contributed by atoms with Crippen LogP contribution in [0.1, 0.15) is 37.5 Å². The highest BCUT2D eigenvalue weighted by molar-refractivity contribution is 6.06. The summed E-state index contributed by atoms with van der Waals surface area (Å²) in [6.45, 7) is 3.78. The van der Waals surface area contributed by atoms with Crippen molar-refractivity contribution < 1.29 is 19.2 Å². The van der Waals surface area contributed by atoms with Gasteiger partial charge in [0.25, 0.3) is 11.6 Å². The first-order chi connectivity index (χ1) is 16.8. The molecule has 3 aromatic carbocycles. The van der Waals surface area contributed by atoms with E-state index in [1.807, 2.05) is 32.0 Å². The number of hydrogen-bond donors (Lipinski definition) is 1. The standard InChI is InChI=1S/C26H20N4O5/c1-16-3-12-24-22(13-16)23(14-17(2)28-24)25(31)29-27-15-18-4-10-21(11-5-18)35-26(32)19-6-8-20(9-7-19)30(33)34/h3-15H,1-2H3,(H,29,31). The lowest BCUT2D eigenvalue weighted by Gasteiger charge is -2.07. The predicted octanol–water partition coefficient (Wildman–Crippen LogP) is 4.74. The van der Waals surface area contributed by atoms with Crippen molar-refractivity contribution in [3.05, 3.63) is 111 Å². The molecule has 4 aromatic rings. The van der Waals surface area contributed by atoms with E-state index >= 15 is 0 Å². The number of benzene rings is 3. The number of hydrogen-bond acceptors (Lipinski definition) is 7. The number of pyridine rings is 1. The molecule has 0 spiro atoms. The second-order valence-corrected chi connectivity index (χ2v) is 7.79. The molecule has 0 saturated carbocycles. The number of carbonyl (C=O) groups is 2. The number of ether oxygens (including phenoxy) is 1. The largest absolute Gasteiger partial charge is 0.423 e. The molecular weight excluding hydrogens is 448 g/mol. The van der Waals surface area contributed by atoms with Crippen LogP contribution in [0.2, 0.25) is 0 Å². The molecular formula is C26H20N4O5. The molecule has 1 amide bonds. The maximum Gasteiger partial charge on any atom is 0.343 e. The number of nitrogens with zero attached hydrogens (tertiary/aromatic N) is 3. The highest BCUT2D eigenvalue weighted by atomic mass is 16.6. The number of nitro groups is 1. The number of non-ortho nitro benzene ring substituents is 1. The number of aromatic nitrogens is 1. The maximum atomic E-state index is 12.7. The van der Waals surface area contributed by atoms with E-state index in [9.17, 15) is 19.7 Å². The number of fused-ring (bicyclic) bond motifs is 1. The molecule has 9 heteroatoms. The Morgan fingerprint density at radius 3 is 2.40 bits per heavy atom. The lowest BCUT2D eigenvalue weighted by atomic mass is 10.1. The van der Waals surface area contributed by atoms with E-state index in [2.05, 4.69) is 15.5 Å². The van der Waals surface area contributed by atoms with Crippen molar-refractivity contribution in [1.29, 1.82) is 0 Å². The molecule has 0 atom stereocenters. The average Bonchev–Trinajstić information content (AvgIpc) is 2.84. The lowest BCUT2D eigenvalue weighted by Crippen LogP contribution is -2.18. The number of amides is 1. The zero-order valence-corrected chi connectivity index (χ0v) is 18.9. The van der Waals surface area contributed by atoms with E-state index in [0.717, 1.165) is 22.2 Å². The van der Waals surface area contributed by atoms with E-state index in [0.29, 0.717) is 16.9 Å². The summed E-state index contributed by atoms with van der Waals surface area (Å²) in [4.78, 5) is 39.6. The number of carbonyl (C=O) groups excluding carboxylic acids is 2. The fraction of sp³-hybridized carbons (Fsp3) is 0.0769. The summed E-state index contributed by atoms with van der Waals surface area (Å²) in [5, 5.41) is 15.5. The van der Waals surface area contributed by atoms with Gasteiger partial charge in [0.2, 0.25) is 0 Å². The van der Waals surface area contributed by atoms with Crippen LogP contribution in [-0.4, -0.2) is 28.0 Å². The Labute approximate surface area is 200 Å². The first kappa shape index (κ1) is 23.2. The van der Waals surface area contributed by atoms with Crippen LogP contribution in [0.4, 0.5) is 5.69 Å². The molecule has 1 N–H and O–H groups in total. The van der Waals surface area contributed by atoms with Crippen LogP contribution in [0.25, 0.3) is 10.9 Å². The lowest BCUT2D eigenvalue weighted by molar-refractivity contribution is -0.384. The average molecular weight is 468 g/mol. The number of hydrazone groups is 1. The first-order valence-corrected chi connectivity index (χ1v) is 10.6. The SMILES string of the molecule is Cc1ccc2nc(C)cc(C(=O)NN=Cc3ccc(OC(=O)c4ccc([N+](=O)[O-])cc4)cc3)c2c1. The number of nitro benzene ring substituents is 1. The molecule has 1 heterocycles. The summed E-state index contributed by atoms with van der Waals surface area (Å²) >= 11 is 0. The summed E-state index contributed by atoms with van der Waals surface area (Å²) in [5.74, 6) is -0.691. The topological polar surface area (TPSA) is 124 Å². The molecule has 1 aromatic heterocycles. The summed E-state index contributed by atoms with van der Waals surface area (Å²) < 4.78 is 5.29. The van der Waals surface area contributed by atoms with Crippen molar-refractivity contribution in [2.24, 2.45) is 5.10 Å². The monoisotopic (exact) mass is 468 g/mol. The highest BCUT2D eigenvalue weighted by Crippen LogP contribution is 2.20. The van der Waals surface area contributed by atoms with Crippen LogP contribution in [0.15, 0.2) is 77.9 Å². The van der Waals surface area contributed by atoms with Gasteiger partial charge in [0, 0.05) is 23.2 Å². The van der Waals surface area contributed by atoms with Gasteiger partial charge in [0.05, 0.1) is 27.8 Å². The molecule has 0 radical (unpaired) electrons. The Morgan fingerprint density at radius 1 is 1.00 bits per heavy atom. The Morgan fingerprint density at radius 2 is 1.71 bits per heavy atom. The minimum Gasteiger partial charge on any atom is -0.423 e. The van der Waals surface area contributed by atoms with E-state index in [4.69, 9.17) is 4.74 Å². The normalized spacial score (nSPS) is 10.9. The number of aryl methyl sites for hydroxylation is 2. The maximum absolute atomic E-state index is 12.7. The van der Waals surface area contributed by atoms with Gasteiger partial charge in [-0.05, 0) is 74.0 Å². The summed E-state index contributed by atoms with van der Waals surface area (Å²) in [7, 11) is 0. The van der Waals surface area contributed by atoms with E-state index in [1.165, 1.54) is 30.5 Å². The molecule has 0 aliphatic carbocycles. The number of nitrogens with one attached hydrogen (secondary N) is 1. The zero-order valence-electron chi connectivity index (χ0n) is 18.9. The van der Waals surface area contributed by atoms with Crippen molar-refractivity contribution in [1.82, 2.24) is 10.4 Å². The van der Waals surface area contributed by atoms with Gasteiger partial charge < -0.3 is 4.74 Å². The zero-order chi connectivity index (χ0) is 24.9. The fourth-order valence-corrected chi connectivity index (χ4v) is 3.39. The predicted molar refractivity (Wildman–Crippen MR) is 131 cm³/mol. The smallest absolute Gasteiger partial charge is 0.343 e. The second kappa shape index (κ2) is 9.92. The van der Waals surface area contributed by atoms with E-state index < -0.39 is 10.9 Å². The van der Waals surface area contributed by atoms with Crippen LogP contribution in [0, 0.1) is 24.0 Å².